The van der Waals surface area contributed by atoms with E-state index in [0.717, 1.165) is 19.4 Å². The van der Waals surface area contributed by atoms with Gasteiger partial charge in [0.05, 0.1) is 0 Å². The van der Waals surface area contributed by atoms with Crippen LogP contribution in [-0.4, -0.2) is 13.6 Å². The minimum absolute atomic E-state index is 0.0988. The molecule has 3 heteroatoms. The van der Waals surface area contributed by atoms with E-state index >= 15 is 0 Å². The lowest BCUT2D eigenvalue weighted by molar-refractivity contribution is 0.183. The van der Waals surface area contributed by atoms with Gasteiger partial charge < -0.3 is 5.32 Å². The van der Waals surface area contributed by atoms with Crippen LogP contribution in [0.3, 0.4) is 0 Å². The molecule has 0 aliphatic heterocycles. The van der Waals surface area contributed by atoms with Crippen molar-refractivity contribution in [3.8, 4) is 0 Å². The first-order chi connectivity index (χ1) is 8.65. The maximum Gasteiger partial charge on any atom is 0.126 e. The molecule has 1 N–H and O–H groups in total. The van der Waals surface area contributed by atoms with Gasteiger partial charge in [-0.2, -0.15) is 0 Å². The molecule has 1 saturated carbocycles. The Labute approximate surface area is 108 Å². The molecule has 1 aromatic carbocycles. The number of benzene rings is 1. The van der Waals surface area contributed by atoms with Gasteiger partial charge in [0.15, 0.2) is 0 Å². The van der Waals surface area contributed by atoms with Crippen LogP contribution in [0.5, 0.6) is 0 Å². The van der Waals surface area contributed by atoms with Crippen LogP contribution in [0.1, 0.15) is 37.7 Å². The maximum atomic E-state index is 13.7. The molecule has 0 atom stereocenters. The van der Waals surface area contributed by atoms with Gasteiger partial charge in [-0.1, -0.05) is 19.3 Å². The average molecular weight is 253 g/mol. The van der Waals surface area contributed by atoms with Crippen LogP contribution < -0.4 is 5.32 Å². The lowest BCUT2D eigenvalue weighted by Crippen LogP contribution is -2.36. The fraction of sp³-hybridized carbons (Fsp3) is 0.600. The predicted octanol–water partition coefficient (Wildman–Crippen LogP) is 3.68. The highest BCUT2D eigenvalue weighted by Crippen LogP contribution is 2.39. The lowest BCUT2D eigenvalue weighted by atomic mass is 9.70. The van der Waals surface area contributed by atoms with E-state index in [1.54, 1.807) is 0 Å². The van der Waals surface area contributed by atoms with Crippen molar-refractivity contribution in [3.05, 3.63) is 35.4 Å². The van der Waals surface area contributed by atoms with Gasteiger partial charge in [-0.05, 0) is 55.5 Å². The summed E-state index contributed by atoms with van der Waals surface area (Å²) in [6, 6.07) is 3.77. The Balaban J connectivity index is 2.19. The van der Waals surface area contributed by atoms with Crippen LogP contribution in [0.4, 0.5) is 8.78 Å². The summed E-state index contributed by atoms with van der Waals surface area (Å²) in [4.78, 5) is 0. The zero-order valence-electron chi connectivity index (χ0n) is 10.9. The van der Waals surface area contributed by atoms with Gasteiger partial charge in [-0.25, -0.2) is 8.78 Å². The first-order valence-corrected chi connectivity index (χ1v) is 6.74. The number of halogens is 2. The van der Waals surface area contributed by atoms with E-state index in [1.807, 2.05) is 7.05 Å². The van der Waals surface area contributed by atoms with E-state index in [-0.39, 0.29) is 17.0 Å². The molecule has 1 aliphatic rings. The largest absolute Gasteiger partial charge is 0.319 e. The second-order valence-electron chi connectivity index (χ2n) is 5.50. The van der Waals surface area contributed by atoms with Gasteiger partial charge in [0.1, 0.15) is 11.6 Å². The summed E-state index contributed by atoms with van der Waals surface area (Å²) in [6.45, 7) is 0.878. The Bertz CT molecular complexity index is 392. The Morgan fingerprint density at radius 1 is 1.17 bits per heavy atom. The summed E-state index contributed by atoms with van der Waals surface area (Å²) in [6.07, 6.45) is 6.49. The van der Waals surface area contributed by atoms with E-state index < -0.39 is 0 Å². The van der Waals surface area contributed by atoms with Crippen molar-refractivity contribution < 1.29 is 8.78 Å². The molecule has 18 heavy (non-hydrogen) atoms. The predicted molar refractivity (Wildman–Crippen MR) is 69.5 cm³/mol. The van der Waals surface area contributed by atoms with Gasteiger partial charge >= 0.3 is 0 Å². The molecule has 0 spiro atoms. The lowest BCUT2D eigenvalue weighted by Gasteiger charge is -2.37. The Kier molecular flexibility index (Phi) is 4.33. The van der Waals surface area contributed by atoms with E-state index in [4.69, 9.17) is 0 Å². The van der Waals surface area contributed by atoms with E-state index in [2.05, 4.69) is 5.32 Å². The number of rotatable bonds is 4. The molecule has 0 amide bonds. The molecule has 0 heterocycles. The Morgan fingerprint density at radius 2 is 1.89 bits per heavy atom. The Hall–Kier alpha value is -0.960. The SMILES string of the molecule is CNCC1(Cc2cc(F)ccc2F)CCCCC1. The van der Waals surface area contributed by atoms with Crippen molar-refractivity contribution in [2.24, 2.45) is 5.41 Å². The highest BCUT2D eigenvalue weighted by Gasteiger charge is 2.32. The first kappa shape index (κ1) is 13.5. The number of nitrogens with one attached hydrogen (secondary N) is 1. The van der Waals surface area contributed by atoms with Gasteiger partial charge in [0.2, 0.25) is 0 Å². The quantitative estimate of drug-likeness (QED) is 0.863. The molecule has 1 aromatic rings. The third-order valence-corrected chi connectivity index (χ3v) is 4.04. The van der Waals surface area contributed by atoms with Crippen molar-refractivity contribution in [1.29, 1.82) is 0 Å². The summed E-state index contributed by atoms with van der Waals surface area (Å²) >= 11 is 0. The zero-order valence-corrected chi connectivity index (χ0v) is 10.9. The minimum atomic E-state index is -0.346. The summed E-state index contributed by atoms with van der Waals surface area (Å²) in [5.41, 5.74) is 0.619. The molecule has 1 nitrogen and oxygen atoms in total. The fourth-order valence-electron chi connectivity index (χ4n) is 3.18. The number of hydrogen-bond acceptors (Lipinski definition) is 1. The zero-order chi connectivity index (χ0) is 13.0. The number of hydrogen-bond donors (Lipinski definition) is 1. The van der Waals surface area contributed by atoms with Crippen molar-refractivity contribution in [3.63, 3.8) is 0 Å². The second kappa shape index (κ2) is 5.79. The van der Waals surface area contributed by atoms with Gasteiger partial charge in [0.25, 0.3) is 0 Å². The molecule has 0 saturated heterocycles. The van der Waals surface area contributed by atoms with Crippen molar-refractivity contribution in [1.82, 2.24) is 5.32 Å². The van der Waals surface area contributed by atoms with Crippen LogP contribution in [0.2, 0.25) is 0 Å². The second-order valence-corrected chi connectivity index (χ2v) is 5.50. The van der Waals surface area contributed by atoms with Crippen LogP contribution >= 0.6 is 0 Å². The normalized spacial score (nSPS) is 18.8. The maximum absolute atomic E-state index is 13.7. The third kappa shape index (κ3) is 3.08. The highest BCUT2D eigenvalue weighted by molar-refractivity contribution is 5.20. The van der Waals surface area contributed by atoms with Crippen LogP contribution in [0, 0.1) is 17.0 Å². The summed E-state index contributed by atoms with van der Waals surface area (Å²) in [5.74, 6) is -0.626. The van der Waals surface area contributed by atoms with E-state index in [9.17, 15) is 8.78 Å². The van der Waals surface area contributed by atoms with Crippen molar-refractivity contribution in [2.75, 3.05) is 13.6 Å². The summed E-state index contributed by atoms with van der Waals surface area (Å²) in [5, 5.41) is 3.22. The molecule has 0 unspecified atom stereocenters. The molecule has 1 fully saturated rings. The molecule has 0 radical (unpaired) electrons. The smallest absolute Gasteiger partial charge is 0.126 e. The van der Waals surface area contributed by atoms with Gasteiger partial charge in [0, 0.05) is 6.54 Å². The van der Waals surface area contributed by atoms with Gasteiger partial charge in [-0.15, -0.1) is 0 Å². The molecular weight excluding hydrogens is 232 g/mol. The summed E-state index contributed by atoms with van der Waals surface area (Å²) < 4.78 is 27.0. The molecular formula is C15H21F2N. The van der Waals surface area contributed by atoms with E-state index in [1.165, 1.54) is 37.5 Å². The van der Waals surface area contributed by atoms with Crippen LogP contribution in [0.25, 0.3) is 0 Å². The van der Waals surface area contributed by atoms with Crippen molar-refractivity contribution >= 4 is 0 Å². The van der Waals surface area contributed by atoms with Crippen molar-refractivity contribution in [2.45, 2.75) is 38.5 Å². The van der Waals surface area contributed by atoms with E-state index in [0.29, 0.717) is 12.0 Å². The molecule has 2 rings (SSSR count). The first-order valence-electron chi connectivity index (χ1n) is 6.74. The average Bonchev–Trinajstić information content (AvgIpc) is 2.35. The fourth-order valence-corrected chi connectivity index (χ4v) is 3.18. The molecule has 1 aliphatic carbocycles. The molecule has 0 aromatic heterocycles. The van der Waals surface area contributed by atoms with Crippen LogP contribution in [-0.2, 0) is 6.42 Å². The monoisotopic (exact) mass is 253 g/mol. The molecule has 100 valence electrons. The van der Waals surface area contributed by atoms with Gasteiger partial charge in [-0.3, -0.25) is 0 Å². The topological polar surface area (TPSA) is 12.0 Å². The van der Waals surface area contributed by atoms with Crippen LogP contribution in [0.15, 0.2) is 18.2 Å². The Morgan fingerprint density at radius 3 is 2.56 bits per heavy atom. The standard InChI is InChI=1S/C15H21F2N/c1-18-11-15(7-3-2-4-8-15)10-12-9-13(16)5-6-14(12)17/h5-6,9,18H,2-4,7-8,10-11H2,1H3. The third-order valence-electron chi connectivity index (χ3n) is 4.04. The highest BCUT2D eigenvalue weighted by atomic mass is 19.1. The summed E-state index contributed by atoms with van der Waals surface area (Å²) in [7, 11) is 1.93. The molecule has 0 bridgehead atoms. The minimum Gasteiger partial charge on any atom is -0.319 e.